The molecule has 2 aromatic rings. The Bertz CT molecular complexity index is 656. The number of fused-ring (bicyclic) bond motifs is 1. The highest BCUT2D eigenvalue weighted by atomic mass is 16.4. The van der Waals surface area contributed by atoms with E-state index >= 15 is 0 Å². The molecule has 2 nitrogen and oxygen atoms in total. The first-order valence-corrected chi connectivity index (χ1v) is 6.83. The zero-order valence-corrected chi connectivity index (χ0v) is 11.2. The summed E-state index contributed by atoms with van der Waals surface area (Å²) in [6, 6.07) is 9.24. The van der Waals surface area contributed by atoms with Gasteiger partial charge in [0.1, 0.15) is 0 Å². The third kappa shape index (κ3) is 3.72. The van der Waals surface area contributed by atoms with Gasteiger partial charge in [-0.25, -0.2) is 4.79 Å². The number of hydrogen-bond acceptors (Lipinski definition) is 2. The highest BCUT2D eigenvalue weighted by molar-refractivity contribution is 5.81. The van der Waals surface area contributed by atoms with Crippen LogP contribution in [-0.4, -0.2) is 0 Å². The zero-order valence-electron chi connectivity index (χ0n) is 11.2. The molecular weight excluding hydrogens is 236 g/mol. The summed E-state index contributed by atoms with van der Waals surface area (Å²) in [4.78, 5) is 11.7. The molecule has 1 aromatic carbocycles. The summed E-state index contributed by atoms with van der Waals surface area (Å²) in [5, 5.41) is 1.49. The van der Waals surface area contributed by atoms with Crippen LogP contribution in [0.25, 0.3) is 10.8 Å². The average molecular weight is 254 g/mol. The fourth-order valence-corrected chi connectivity index (χ4v) is 1.99. The molecule has 0 aliphatic carbocycles. The maximum Gasteiger partial charge on any atom is 0.344 e. The van der Waals surface area contributed by atoms with Crippen molar-refractivity contribution in [2.75, 3.05) is 0 Å². The van der Waals surface area contributed by atoms with Gasteiger partial charge in [-0.15, -0.1) is 0 Å². The molecule has 98 valence electrons. The summed E-state index contributed by atoms with van der Waals surface area (Å²) in [6.45, 7) is 2.19. The normalized spacial score (nSPS) is 10.2. The first kappa shape index (κ1) is 13.4. The van der Waals surface area contributed by atoms with Gasteiger partial charge in [0.05, 0.1) is 5.39 Å². The van der Waals surface area contributed by atoms with E-state index in [0.29, 0.717) is 11.1 Å². The second-order valence-electron chi connectivity index (χ2n) is 4.60. The van der Waals surface area contributed by atoms with Crippen LogP contribution >= 0.6 is 0 Å². The summed E-state index contributed by atoms with van der Waals surface area (Å²) < 4.78 is 5.19. The molecular formula is C17H18O2. The number of rotatable bonds is 4. The van der Waals surface area contributed by atoms with Gasteiger partial charge in [-0.2, -0.15) is 0 Å². The molecule has 1 aromatic heterocycles. The molecule has 0 atom stereocenters. The Morgan fingerprint density at radius 2 is 2.00 bits per heavy atom. The molecule has 0 bridgehead atoms. The van der Waals surface area contributed by atoms with Crippen molar-refractivity contribution in [3.05, 3.63) is 46.5 Å². The summed E-state index contributed by atoms with van der Waals surface area (Å²) >= 11 is 0. The van der Waals surface area contributed by atoms with Gasteiger partial charge in [-0.1, -0.05) is 50.3 Å². The van der Waals surface area contributed by atoms with Gasteiger partial charge in [0.2, 0.25) is 0 Å². The van der Waals surface area contributed by atoms with Crippen molar-refractivity contribution in [2.24, 2.45) is 0 Å². The Kier molecular flexibility index (Phi) is 4.80. The lowest BCUT2D eigenvalue weighted by Gasteiger charge is -1.96. The summed E-state index contributed by atoms with van der Waals surface area (Å²) in [7, 11) is 0. The standard InChI is InChI=1S/C17H18O2/c1-2-3-4-5-6-7-11-15-13-14-10-8-9-12-16(14)17(18)19-15/h8-10,12-13H,2-6H2,1H3. The van der Waals surface area contributed by atoms with Gasteiger partial charge in [0.15, 0.2) is 5.76 Å². The lowest BCUT2D eigenvalue weighted by atomic mass is 10.1. The Labute approximate surface area is 113 Å². The SMILES string of the molecule is CCCCCCC#Cc1cc2ccccc2c(=O)o1. The Hall–Kier alpha value is -2.01. The van der Waals surface area contributed by atoms with E-state index < -0.39 is 0 Å². The van der Waals surface area contributed by atoms with Crippen LogP contribution < -0.4 is 5.63 Å². The smallest absolute Gasteiger partial charge is 0.344 e. The molecule has 0 aliphatic rings. The minimum atomic E-state index is -0.312. The van der Waals surface area contributed by atoms with Gasteiger partial charge in [0.25, 0.3) is 0 Å². The molecule has 2 heteroatoms. The van der Waals surface area contributed by atoms with Crippen molar-refractivity contribution in [3.63, 3.8) is 0 Å². The van der Waals surface area contributed by atoms with E-state index in [9.17, 15) is 4.79 Å². The predicted molar refractivity (Wildman–Crippen MR) is 78.1 cm³/mol. The van der Waals surface area contributed by atoms with Gasteiger partial charge < -0.3 is 4.42 Å². The highest BCUT2D eigenvalue weighted by Crippen LogP contribution is 2.11. The molecule has 0 amide bonds. The van der Waals surface area contributed by atoms with E-state index in [2.05, 4.69) is 18.8 Å². The van der Waals surface area contributed by atoms with Crippen molar-refractivity contribution in [3.8, 4) is 11.8 Å². The predicted octanol–water partition coefficient (Wildman–Crippen LogP) is 4.11. The fourth-order valence-electron chi connectivity index (χ4n) is 1.99. The molecule has 0 radical (unpaired) electrons. The zero-order chi connectivity index (χ0) is 13.5. The monoisotopic (exact) mass is 254 g/mol. The Morgan fingerprint density at radius 3 is 2.84 bits per heavy atom. The molecule has 0 aliphatic heterocycles. The maximum absolute atomic E-state index is 11.7. The van der Waals surface area contributed by atoms with Crippen molar-refractivity contribution < 1.29 is 4.42 Å². The van der Waals surface area contributed by atoms with Crippen molar-refractivity contribution in [2.45, 2.75) is 39.0 Å². The average Bonchev–Trinajstić information content (AvgIpc) is 2.43. The lowest BCUT2D eigenvalue weighted by molar-refractivity contribution is 0.507. The van der Waals surface area contributed by atoms with Crippen LogP contribution in [0.15, 0.2) is 39.5 Å². The molecule has 19 heavy (non-hydrogen) atoms. The number of unbranched alkanes of at least 4 members (excludes halogenated alkanes) is 4. The van der Waals surface area contributed by atoms with Gasteiger partial charge in [-0.3, -0.25) is 0 Å². The second kappa shape index (κ2) is 6.80. The minimum Gasteiger partial charge on any atom is -0.414 e. The molecule has 0 fully saturated rings. The van der Waals surface area contributed by atoms with Gasteiger partial charge in [0, 0.05) is 6.42 Å². The number of hydrogen-bond donors (Lipinski definition) is 0. The van der Waals surface area contributed by atoms with Crippen LogP contribution in [0.1, 0.15) is 44.8 Å². The fraction of sp³-hybridized carbons (Fsp3) is 0.353. The molecule has 0 saturated heterocycles. The summed E-state index contributed by atoms with van der Waals surface area (Å²) in [5.74, 6) is 6.47. The van der Waals surface area contributed by atoms with Crippen LogP contribution in [0.5, 0.6) is 0 Å². The van der Waals surface area contributed by atoms with Crippen LogP contribution in [0.2, 0.25) is 0 Å². The van der Waals surface area contributed by atoms with E-state index in [1.165, 1.54) is 19.3 Å². The first-order chi connectivity index (χ1) is 9.31. The van der Waals surface area contributed by atoms with E-state index in [0.717, 1.165) is 18.2 Å². The van der Waals surface area contributed by atoms with Gasteiger partial charge in [-0.05, 0) is 29.9 Å². The van der Waals surface area contributed by atoms with E-state index in [1.54, 1.807) is 6.07 Å². The molecule has 0 unspecified atom stereocenters. The van der Waals surface area contributed by atoms with Crippen LogP contribution in [0, 0.1) is 11.8 Å². The topological polar surface area (TPSA) is 30.2 Å². The highest BCUT2D eigenvalue weighted by Gasteiger charge is 2.01. The summed E-state index contributed by atoms with van der Waals surface area (Å²) in [6.07, 6.45) is 5.67. The Balaban J connectivity index is 2.09. The van der Waals surface area contributed by atoms with Crippen LogP contribution in [0.3, 0.4) is 0 Å². The van der Waals surface area contributed by atoms with Crippen molar-refractivity contribution >= 4 is 10.8 Å². The maximum atomic E-state index is 11.7. The van der Waals surface area contributed by atoms with Crippen LogP contribution in [-0.2, 0) is 0 Å². The quantitative estimate of drug-likeness (QED) is 0.607. The van der Waals surface area contributed by atoms with E-state index in [-0.39, 0.29) is 5.63 Å². The van der Waals surface area contributed by atoms with E-state index in [4.69, 9.17) is 4.42 Å². The van der Waals surface area contributed by atoms with Gasteiger partial charge >= 0.3 is 5.63 Å². The number of benzene rings is 1. The largest absolute Gasteiger partial charge is 0.414 e. The van der Waals surface area contributed by atoms with Crippen molar-refractivity contribution in [1.82, 2.24) is 0 Å². The first-order valence-electron chi connectivity index (χ1n) is 6.83. The molecule has 2 rings (SSSR count). The molecule has 1 heterocycles. The van der Waals surface area contributed by atoms with Crippen LogP contribution in [0.4, 0.5) is 0 Å². The third-order valence-corrected chi connectivity index (χ3v) is 3.04. The molecule has 0 spiro atoms. The Morgan fingerprint density at radius 1 is 1.16 bits per heavy atom. The third-order valence-electron chi connectivity index (χ3n) is 3.04. The van der Waals surface area contributed by atoms with E-state index in [1.807, 2.05) is 24.3 Å². The lowest BCUT2D eigenvalue weighted by Crippen LogP contribution is -2.00. The minimum absolute atomic E-state index is 0.312. The van der Waals surface area contributed by atoms with Crippen molar-refractivity contribution in [1.29, 1.82) is 0 Å². The molecule has 0 saturated carbocycles. The summed E-state index contributed by atoms with van der Waals surface area (Å²) in [5.41, 5.74) is -0.312. The second-order valence-corrected chi connectivity index (χ2v) is 4.60. The molecule has 0 N–H and O–H groups in total.